The predicted octanol–water partition coefficient (Wildman–Crippen LogP) is 4.18. The van der Waals surface area contributed by atoms with E-state index in [1.165, 1.54) is 12.1 Å². The van der Waals surface area contributed by atoms with Gasteiger partial charge in [-0.05, 0) is 61.9 Å². The van der Waals surface area contributed by atoms with E-state index in [1.54, 1.807) is 25.6 Å². The van der Waals surface area contributed by atoms with E-state index in [2.05, 4.69) is 15.0 Å². The Kier molecular flexibility index (Phi) is 5.05. The van der Waals surface area contributed by atoms with Gasteiger partial charge in [0.1, 0.15) is 24.3 Å². The minimum atomic E-state index is -0.257. The van der Waals surface area contributed by atoms with Gasteiger partial charge < -0.3 is 14.0 Å². The fourth-order valence-electron chi connectivity index (χ4n) is 4.07. The first kappa shape index (κ1) is 20.1. The summed E-state index contributed by atoms with van der Waals surface area (Å²) in [6.07, 6.45) is 5.57. The molecule has 164 valence electrons. The van der Waals surface area contributed by atoms with E-state index in [9.17, 15) is 4.39 Å². The highest BCUT2D eigenvalue weighted by atomic mass is 19.1. The number of rotatable bonds is 4. The lowest BCUT2D eigenvalue weighted by molar-refractivity contribution is 0.169. The van der Waals surface area contributed by atoms with Crippen LogP contribution < -0.4 is 9.75 Å². The third-order valence-electron chi connectivity index (χ3n) is 5.53. The molecule has 1 unspecified atom stereocenters. The number of imidazole rings is 1. The number of amidine groups is 1. The van der Waals surface area contributed by atoms with Crippen LogP contribution in [0.5, 0.6) is 5.75 Å². The fraction of sp³-hybridized carbons (Fsp3) is 0.250. The molecule has 0 spiro atoms. The van der Waals surface area contributed by atoms with E-state index in [-0.39, 0.29) is 12.0 Å². The van der Waals surface area contributed by atoms with Crippen LogP contribution in [0, 0.1) is 12.7 Å². The van der Waals surface area contributed by atoms with Crippen LogP contribution in [0.4, 0.5) is 10.1 Å². The van der Waals surface area contributed by atoms with Crippen molar-refractivity contribution in [2.75, 3.05) is 25.3 Å². The average Bonchev–Trinajstić information content (AvgIpc) is 3.37. The largest absolute Gasteiger partial charge is 0.495 e. The number of fused-ring (bicyclic) bond motifs is 1. The molecule has 0 bridgehead atoms. The lowest BCUT2D eigenvalue weighted by atomic mass is 10.1. The smallest absolute Gasteiger partial charge is 0.188 e. The first-order chi connectivity index (χ1) is 15.5. The SMILES string of the molecule is COc1cc(C=C2OCCN3C2=NC(C)N3c2ccc(F)cc2)ccc1-n1cnc(C)c1. The Morgan fingerprint density at radius 3 is 2.72 bits per heavy atom. The van der Waals surface area contributed by atoms with Crippen LogP contribution in [0.3, 0.4) is 0 Å². The van der Waals surface area contributed by atoms with Crippen molar-refractivity contribution in [3.05, 3.63) is 77.8 Å². The highest BCUT2D eigenvalue weighted by molar-refractivity contribution is 6.03. The summed E-state index contributed by atoms with van der Waals surface area (Å²) < 4.78 is 27.0. The molecule has 32 heavy (non-hydrogen) atoms. The number of hydrogen-bond acceptors (Lipinski definition) is 6. The number of aromatic nitrogens is 2. The van der Waals surface area contributed by atoms with Crippen molar-refractivity contribution in [3.8, 4) is 11.4 Å². The van der Waals surface area contributed by atoms with E-state index in [0.29, 0.717) is 18.9 Å². The van der Waals surface area contributed by atoms with Gasteiger partial charge in [-0.25, -0.2) is 14.4 Å². The number of aliphatic imine (C=N–C) groups is 1. The van der Waals surface area contributed by atoms with Gasteiger partial charge in [-0.1, -0.05) is 6.07 Å². The van der Waals surface area contributed by atoms with Gasteiger partial charge in [0.25, 0.3) is 0 Å². The molecule has 0 saturated carbocycles. The van der Waals surface area contributed by atoms with Gasteiger partial charge >= 0.3 is 0 Å². The second kappa shape index (κ2) is 8.03. The molecule has 1 atom stereocenters. The van der Waals surface area contributed by atoms with Crippen molar-refractivity contribution in [2.24, 2.45) is 4.99 Å². The Hall–Kier alpha value is -3.81. The molecule has 1 fully saturated rings. The van der Waals surface area contributed by atoms with Crippen LogP contribution in [-0.2, 0) is 4.74 Å². The molecular formula is C24H24FN5O2. The molecule has 2 aliphatic heterocycles. The van der Waals surface area contributed by atoms with Gasteiger partial charge in [0.2, 0.25) is 0 Å². The molecule has 3 heterocycles. The monoisotopic (exact) mass is 433 g/mol. The first-order valence-corrected chi connectivity index (χ1v) is 10.5. The van der Waals surface area contributed by atoms with Gasteiger partial charge in [-0.2, -0.15) is 0 Å². The van der Waals surface area contributed by atoms with E-state index >= 15 is 0 Å². The molecule has 1 aromatic heterocycles. The lowest BCUT2D eigenvalue weighted by Crippen LogP contribution is -2.49. The standard InChI is InChI=1S/C24H24FN5O2/c1-16-14-28(15-26-16)21-9-4-18(12-22(21)31-3)13-23-24-27-17(2)30(29(24)10-11-32-23)20-7-5-19(25)6-8-20/h4-9,12-15,17H,10-11H2,1-3H3. The second-order valence-electron chi connectivity index (χ2n) is 7.74. The van der Waals surface area contributed by atoms with Crippen molar-refractivity contribution in [1.29, 1.82) is 0 Å². The summed E-state index contributed by atoms with van der Waals surface area (Å²) in [5, 5.41) is 4.16. The third-order valence-corrected chi connectivity index (χ3v) is 5.53. The van der Waals surface area contributed by atoms with Crippen LogP contribution in [0.1, 0.15) is 18.2 Å². The average molecular weight is 433 g/mol. The molecule has 3 aromatic rings. The minimum Gasteiger partial charge on any atom is -0.495 e. The van der Waals surface area contributed by atoms with E-state index < -0.39 is 0 Å². The molecule has 0 aliphatic carbocycles. The molecule has 2 aromatic carbocycles. The lowest BCUT2D eigenvalue weighted by Gasteiger charge is -2.37. The normalized spacial score (nSPS) is 19.1. The summed E-state index contributed by atoms with van der Waals surface area (Å²) in [6, 6.07) is 12.4. The highest BCUT2D eigenvalue weighted by Crippen LogP contribution is 2.31. The van der Waals surface area contributed by atoms with E-state index in [0.717, 1.165) is 34.2 Å². The maximum Gasteiger partial charge on any atom is 0.188 e. The Bertz CT molecular complexity index is 1200. The number of anilines is 1. The zero-order chi connectivity index (χ0) is 22.2. The van der Waals surface area contributed by atoms with Gasteiger partial charge in [-0.3, -0.25) is 10.0 Å². The van der Waals surface area contributed by atoms with Gasteiger partial charge in [0.15, 0.2) is 11.6 Å². The van der Waals surface area contributed by atoms with E-state index in [4.69, 9.17) is 14.5 Å². The molecule has 0 amide bonds. The molecule has 0 N–H and O–H groups in total. The van der Waals surface area contributed by atoms with Crippen molar-refractivity contribution in [1.82, 2.24) is 14.6 Å². The Labute approximate surface area is 186 Å². The number of halogens is 1. The number of benzene rings is 2. The Balaban J connectivity index is 1.45. The quantitative estimate of drug-likeness (QED) is 0.618. The molecule has 5 rings (SSSR count). The van der Waals surface area contributed by atoms with Gasteiger partial charge in [0.05, 0.1) is 37.1 Å². The van der Waals surface area contributed by atoms with E-state index in [1.807, 2.05) is 48.9 Å². The van der Waals surface area contributed by atoms with Crippen molar-refractivity contribution in [2.45, 2.75) is 20.0 Å². The topological polar surface area (TPSA) is 55.1 Å². The number of hydrazine groups is 1. The minimum absolute atomic E-state index is 0.123. The maximum atomic E-state index is 13.4. The molecule has 7 nitrogen and oxygen atoms in total. The van der Waals surface area contributed by atoms with Crippen LogP contribution in [0.25, 0.3) is 11.8 Å². The Morgan fingerprint density at radius 2 is 2.00 bits per heavy atom. The van der Waals surface area contributed by atoms with Gasteiger partial charge in [-0.15, -0.1) is 0 Å². The number of ether oxygens (including phenoxy) is 2. The number of nitrogens with zero attached hydrogens (tertiary/aromatic N) is 5. The fourth-order valence-corrected chi connectivity index (χ4v) is 4.07. The first-order valence-electron chi connectivity index (χ1n) is 10.5. The van der Waals surface area contributed by atoms with Crippen molar-refractivity contribution in [3.63, 3.8) is 0 Å². The molecule has 8 heteroatoms. The summed E-state index contributed by atoms with van der Waals surface area (Å²) in [7, 11) is 1.65. The maximum absolute atomic E-state index is 13.4. The zero-order valence-electron chi connectivity index (χ0n) is 18.2. The number of hydrogen-bond donors (Lipinski definition) is 0. The summed E-state index contributed by atoms with van der Waals surface area (Å²) >= 11 is 0. The number of morpholine rings is 1. The zero-order valence-corrected chi connectivity index (χ0v) is 18.2. The summed E-state index contributed by atoms with van der Waals surface area (Å²) in [5.74, 6) is 1.94. The molecule has 0 radical (unpaired) electrons. The molecule has 1 saturated heterocycles. The molecule has 2 aliphatic rings. The highest BCUT2D eigenvalue weighted by Gasteiger charge is 2.36. The van der Waals surface area contributed by atoms with Crippen LogP contribution in [0.2, 0.25) is 0 Å². The van der Waals surface area contributed by atoms with Crippen molar-refractivity contribution >= 4 is 17.6 Å². The second-order valence-corrected chi connectivity index (χ2v) is 7.74. The van der Waals surface area contributed by atoms with Crippen LogP contribution in [0.15, 0.2) is 65.7 Å². The Morgan fingerprint density at radius 1 is 1.19 bits per heavy atom. The van der Waals surface area contributed by atoms with Gasteiger partial charge in [0, 0.05) is 6.20 Å². The molecular weight excluding hydrogens is 409 g/mol. The summed E-state index contributed by atoms with van der Waals surface area (Å²) in [6.45, 7) is 5.16. The number of methoxy groups -OCH3 is 1. The summed E-state index contributed by atoms with van der Waals surface area (Å²) in [4.78, 5) is 9.11. The number of aryl methyl sites for hydroxylation is 1. The third kappa shape index (κ3) is 3.57. The predicted molar refractivity (Wildman–Crippen MR) is 121 cm³/mol. The summed E-state index contributed by atoms with van der Waals surface area (Å²) in [5.41, 5.74) is 3.68. The van der Waals surface area contributed by atoms with Crippen molar-refractivity contribution < 1.29 is 13.9 Å². The van der Waals surface area contributed by atoms with Crippen LogP contribution >= 0.6 is 0 Å². The van der Waals surface area contributed by atoms with Crippen LogP contribution in [-0.4, -0.2) is 46.8 Å².